The summed E-state index contributed by atoms with van der Waals surface area (Å²) in [5, 5.41) is 8.74. The fraction of sp³-hybridized carbons (Fsp3) is 0.0169. The Morgan fingerprint density at radius 2 is 0.939 bits per heavy atom. The number of halogens is 3. The lowest BCUT2D eigenvalue weighted by Crippen LogP contribution is -2.04. The summed E-state index contributed by atoms with van der Waals surface area (Å²) in [6, 6.07) is 71.2. The van der Waals surface area contributed by atoms with Crippen molar-refractivity contribution >= 4 is 76.1 Å². The van der Waals surface area contributed by atoms with Crippen LogP contribution in [0.1, 0.15) is 5.56 Å². The molecule has 0 aliphatic carbocycles. The summed E-state index contributed by atoms with van der Waals surface area (Å²) >= 11 is 0. The number of aromatic nitrogens is 4. The summed E-state index contributed by atoms with van der Waals surface area (Å²) in [5.74, 6) is 0.434. The summed E-state index contributed by atoms with van der Waals surface area (Å²) in [5.41, 5.74) is 11.1. The molecule has 7 heteroatoms. The van der Waals surface area contributed by atoms with Gasteiger partial charge in [-0.1, -0.05) is 133 Å². The highest BCUT2D eigenvalue weighted by Crippen LogP contribution is 2.40. The molecule has 0 bridgehead atoms. The van der Waals surface area contributed by atoms with E-state index in [4.69, 9.17) is 9.97 Å². The van der Waals surface area contributed by atoms with Gasteiger partial charge in [0, 0.05) is 54.8 Å². The molecule has 0 radical (unpaired) electrons. The minimum Gasteiger partial charge on any atom is -0.309 e. The molecule has 0 aliphatic rings. The summed E-state index contributed by atoms with van der Waals surface area (Å²) in [7, 11) is 0. The van der Waals surface area contributed by atoms with Crippen LogP contribution in [0.2, 0.25) is 0 Å². The summed E-state index contributed by atoms with van der Waals surface area (Å²) in [6.45, 7) is 0. The van der Waals surface area contributed by atoms with Crippen LogP contribution in [-0.2, 0) is 6.18 Å². The van der Waals surface area contributed by atoms with Gasteiger partial charge in [0.1, 0.15) is 0 Å². The summed E-state index contributed by atoms with van der Waals surface area (Å²) < 4.78 is 46.2. The molecular formula is C59H35F3N4. The van der Waals surface area contributed by atoms with Crippen LogP contribution in [0, 0.1) is 0 Å². The van der Waals surface area contributed by atoms with E-state index in [1.54, 1.807) is 6.07 Å². The highest BCUT2D eigenvalue weighted by Gasteiger charge is 2.30. The Bertz CT molecular complexity index is 4110. The average molecular weight is 857 g/mol. The summed E-state index contributed by atoms with van der Waals surface area (Å²) in [6.07, 6.45) is -4.46. The molecule has 0 saturated carbocycles. The molecule has 312 valence electrons. The molecule has 3 aromatic heterocycles. The lowest BCUT2D eigenvalue weighted by Gasteiger charge is -2.14. The molecule has 0 saturated heterocycles. The molecule has 13 rings (SSSR count). The SMILES string of the molecule is FC(F)(F)c1ccc2ccc(-c3nc(-c4cccc(-n5c6ccccc6c6ccc(-c7ccc8c(c7)c7ccccc7n8-c7ccccc7)cc65)c4)c4ccc5ccccc5c4n3)cc2c1. The van der Waals surface area contributed by atoms with Crippen LogP contribution < -0.4 is 0 Å². The monoisotopic (exact) mass is 856 g/mol. The van der Waals surface area contributed by atoms with Crippen molar-refractivity contribution in [1.29, 1.82) is 0 Å². The maximum Gasteiger partial charge on any atom is 0.416 e. The predicted molar refractivity (Wildman–Crippen MR) is 265 cm³/mol. The Labute approximate surface area is 376 Å². The van der Waals surface area contributed by atoms with E-state index >= 15 is 0 Å². The molecule has 0 aliphatic heterocycles. The number of fused-ring (bicyclic) bond motifs is 10. The van der Waals surface area contributed by atoms with E-state index in [1.807, 2.05) is 30.3 Å². The molecule has 0 fully saturated rings. The molecule has 3 heterocycles. The molecule has 0 spiro atoms. The van der Waals surface area contributed by atoms with Crippen molar-refractivity contribution in [2.45, 2.75) is 6.18 Å². The first-order valence-electron chi connectivity index (χ1n) is 21.9. The second-order valence-electron chi connectivity index (χ2n) is 16.9. The van der Waals surface area contributed by atoms with E-state index in [-0.39, 0.29) is 0 Å². The number of rotatable bonds is 5. The fourth-order valence-corrected chi connectivity index (χ4v) is 10.0. The van der Waals surface area contributed by atoms with Crippen LogP contribution in [-0.4, -0.2) is 19.1 Å². The number of para-hydroxylation sites is 3. The third-order valence-electron chi connectivity index (χ3n) is 13.1. The van der Waals surface area contributed by atoms with Gasteiger partial charge in [-0.2, -0.15) is 13.2 Å². The van der Waals surface area contributed by atoms with Gasteiger partial charge in [-0.25, -0.2) is 9.97 Å². The molecular weight excluding hydrogens is 822 g/mol. The standard InChI is InChI=1S/C59H35F3N4/c60-59(61,62)43-27-23-36-21-22-41(31-42(36)32-43)58-63-56(50-29-24-37-11-4-5-16-46(37)57(50)64-58)40-12-10-15-45(33-40)66-52-19-8-6-17-47(52)49-28-25-39(35-55(49)66)38-26-30-54-51(34-38)48-18-7-9-20-53(48)65(54)44-13-2-1-3-14-44/h1-35H. The maximum absolute atomic E-state index is 13.8. The normalized spacial score (nSPS) is 12.2. The number of benzene rings is 10. The topological polar surface area (TPSA) is 35.6 Å². The number of alkyl halides is 3. The van der Waals surface area contributed by atoms with Gasteiger partial charge in [-0.15, -0.1) is 0 Å². The van der Waals surface area contributed by atoms with Gasteiger partial charge in [-0.3, -0.25) is 0 Å². The number of nitrogens with zero attached hydrogens (tertiary/aromatic N) is 4. The van der Waals surface area contributed by atoms with Crippen LogP contribution in [0.4, 0.5) is 13.2 Å². The van der Waals surface area contributed by atoms with E-state index in [2.05, 4.69) is 167 Å². The first-order chi connectivity index (χ1) is 32.3. The average Bonchev–Trinajstić information content (AvgIpc) is 3.88. The molecule has 66 heavy (non-hydrogen) atoms. The van der Waals surface area contributed by atoms with Crippen LogP contribution in [0.3, 0.4) is 0 Å². The van der Waals surface area contributed by atoms with Gasteiger partial charge in [0.15, 0.2) is 5.82 Å². The third kappa shape index (κ3) is 6.01. The largest absolute Gasteiger partial charge is 0.416 e. The Morgan fingerprint density at radius 1 is 0.333 bits per heavy atom. The van der Waals surface area contributed by atoms with Crippen molar-refractivity contribution in [2.24, 2.45) is 0 Å². The second-order valence-corrected chi connectivity index (χ2v) is 16.9. The van der Waals surface area contributed by atoms with Crippen molar-refractivity contribution in [2.75, 3.05) is 0 Å². The van der Waals surface area contributed by atoms with E-state index < -0.39 is 11.7 Å². The van der Waals surface area contributed by atoms with Crippen molar-refractivity contribution in [3.05, 3.63) is 218 Å². The van der Waals surface area contributed by atoms with Gasteiger partial charge in [0.05, 0.1) is 38.8 Å². The van der Waals surface area contributed by atoms with Crippen LogP contribution in [0.5, 0.6) is 0 Å². The molecule has 0 N–H and O–H groups in total. The van der Waals surface area contributed by atoms with Crippen LogP contribution in [0.15, 0.2) is 212 Å². The van der Waals surface area contributed by atoms with Crippen molar-refractivity contribution in [1.82, 2.24) is 19.1 Å². The Morgan fingerprint density at radius 3 is 1.76 bits per heavy atom. The molecule has 0 amide bonds. The Balaban J connectivity index is 0.988. The van der Waals surface area contributed by atoms with E-state index in [9.17, 15) is 13.2 Å². The fourth-order valence-electron chi connectivity index (χ4n) is 10.0. The number of hydrogen-bond donors (Lipinski definition) is 0. The highest BCUT2D eigenvalue weighted by molar-refractivity contribution is 6.13. The van der Waals surface area contributed by atoms with E-state index in [0.717, 1.165) is 88.8 Å². The third-order valence-corrected chi connectivity index (χ3v) is 13.1. The molecule has 4 nitrogen and oxygen atoms in total. The van der Waals surface area contributed by atoms with Gasteiger partial charge in [0.25, 0.3) is 0 Å². The molecule has 13 aromatic rings. The molecule has 0 atom stereocenters. The first-order valence-corrected chi connectivity index (χ1v) is 21.9. The first kappa shape index (κ1) is 38.0. The lowest BCUT2D eigenvalue weighted by molar-refractivity contribution is -0.137. The molecule has 10 aromatic carbocycles. The summed E-state index contributed by atoms with van der Waals surface area (Å²) in [4.78, 5) is 10.4. The Hall–Kier alpha value is -8.55. The minimum atomic E-state index is -4.46. The van der Waals surface area contributed by atoms with Crippen molar-refractivity contribution in [3.63, 3.8) is 0 Å². The quantitative estimate of drug-likeness (QED) is 0.162. The van der Waals surface area contributed by atoms with Crippen LogP contribution in [0.25, 0.3) is 121 Å². The van der Waals surface area contributed by atoms with E-state index in [1.165, 1.54) is 28.4 Å². The lowest BCUT2D eigenvalue weighted by atomic mass is 10.00. The smallest absolute Gasteiger partial charge is 0.309 e. The van der Waals surface area contributed by atoms with Crippen LogP contribution >= 0.6 is 0 Å². The Kier molecular flexibility index (Phi) is 8.33. The zero-order valence-electron chi connectivity index (χ0n) is 35.1. The maximum atomic E-state index is 13.8. The van der Waals surface area contributed by atoms with Crippen molar-refractivity contribution in [3.8, 4) is 45.1 Å². The highest BCUT2D eigenvalue weighted by atomic mass is 19.4. The number of hydrogen-bond acceptors (Lipinski definition) is 2. The van der Waals surface area contributed by atoms with Gasteiger partial charge in [-0.05, 0) is 106 Å². The van der Waals surface area contributed by atoms with Gasteiger partial charge in [0.2, 0.25) is 0 Å². The second kappa shape index (κ2) is 14.5. The predicted octanol–water partition coefficient (Wildman–Crippen LogP) is 16.2. The van der Waals surface area contributed by atoms with Crippen molar-refractivity contribution < 1.29 is 13.2 Å². The zero-order valence-corrected chi connectivity index (χ0v) is 35.1. The molecule has 0 unspecified atom stereocenters. The zero-order chi connectivity index (χ0) is 44.1. The van der Waals surface area contributed by atoms with E-state index in [0.29, 0.717) is 22.2 Å². The minimum absolute atomic E-state index is 0.434. The van der Waals surface area contributed by atoms with Gasteiger partial charge < -0.3 is 9.13 Å². The van der Waals surface area contributed by atoms with Gasteiger partial charge >= 0.3 is 6.18 Å².